The summed E-state index contributed by atoms with van der Waals surface area (Å²) in [5.74, 6) is 0.145. The van der Waals surface area contributed by atoms with E-state index in [1.54, 1.807) is 0 Å². The summed E-state index contributed by atoms with van der Waals surface area (Å²) in [6, 6.07) is 17.3. The van der Waals surface area contributed by atoms with E-state index in [1.165, 1.54) is 5.56 Å². The minimum Gasteiger partial charge on any atom is -0.388 e. The summed E-state index contributed by atoms with van der Waals surface area (Å²) in [6.07, 6.45) is 2.03. The number of nitrogens with one attached hydrogen (secondary N) is 3. The topological polar surface area (TPSA) is 73.5 Å². The van der Waals surface area contributed by atoms with E-state index in [1.807, 2.05) is 66.5 Å². The molecule has 1 atom stereocenters. The van der Waals surface area contributed by atoms with E-state index >= 15 is 0 Å². The van der Waals surface area contributed by atoms with Crippen molar-refractivity contribution in [2.45, 2.75) is 25.3 Å². The molecule has 0 aromatic heterocycles. The van der Waals surface area contributed by atoms with Crippen LogP contribution in [0.3, 0.4) is 0 Å². The number of amides is 3. The maximum atomic E-state index is 12.4. The Balaban J connectivity index is 1.41. The van der Waals surface area contributed by atoms with Crippen molar-refractivity contribution >= 4 is 23.3 Å². The predicted molar refractivity (Wildman–Crippen MR) is 108 cm³/mol. The molecule has 1 saturated heterocycles. The standard InChI is InChI=1S/C21H26N4O2/c1-22-17-8-10-18(11-9-17)23-21(27)24-19-13-14-25(15-19)20(26)12-7-16-5-3-2-4-6-16/h2-6,8-11,19,22H,7,12-15H2,1H3,(H2,23,24,27). The number of carbonyl (C=O) groups excluding carboxylic acids is 2. The van der Waals surface area contributed by atoms with E-state index in [0.717, 1.165) is 24.2 Å². The lowest BCUT2D eigenvalue weighted by molar-refractivity contribution is -0.130. The van der Waals surface area contributed by atoms with Gasteiger partial charge in [-0.3, -0.25) is 4.79 Å². The Kier molecular flexibility index (Phi) is 6.30. The van der Waals surface area contributed by atoms with Crippen molar-refractivity contribution < 1.29 is 9.59 Å². The van der Waals surface area contributed by atoms with Gasteiger partial charge in [0.15, 0.2) is 0 Å². The summed E-state index contributed by atoms with van der Waals surface area (Å²) in [6.45, 7) is 1.26. The van der Waals surface area contributed by atoms with Crippen molar-refractivity contribution in [3.8, 4) is 0 Å². The maximum absolute atomic E-state index is 12.4. The van der Waals surface area contributed by atoms with Gasteiger partial charge in [0.25, 0.3) is 0 Å². The number of carbonyl (C=O) groups is 2. The molecule has 0 aliphatic carbocycles. The molecule has 1 heterocycles. The van der Waals surface area contributed by atoms with Gasteiger partial charge in [0, 0.05) is 44.0 Å². The predicted octanol–water partition coefficient (Wildman–Crippen LogP) is 3.08. The highest BCUT2D eigenvalue weighted by Crippen LogP contribution is 2.15. The normalized spacial score (nSPS) is 16.0. The second-order valence-corrected chi connectivity index (χ2v) is 6.74. The lowest BCUT2D eigenvalue weighted by atomic mass is 10.1. The first-order valence-electron chi connectivity index (χ1n) is 9.31. The lowest BCUT2D eigenvalue weighted by Crippen LogP contribution is -2.40. The summed E-state index contributed by atoms with van der Waals surface area (Å²) in [7, 11) is 1.85. The Hall–Kier alpha value is -3.02. The van der Waals surface area contributed by atoms with Crippen LogP contribution in [0.25, 0.3) is 0 Å². The monoisotopic (exact) mass is 366 g/mol. The minimum atomic E-state index is -0.240. The molecule has 1 unspecified atom stereocenters. The Labute approximate surface area is 159 Å². The summed E-state index contributed by atoms with van der Waals surface area (Å²) >= 11 is 0. The summed E-state index contributed by atoms with van der Waals surface area (Å²) in [5.41, 5.74) is 2.89. The molecule has 0 saturated carbocycles. The van der Waals surface area contributed by atoms with E-state index in [4.69, 9.17) is 0 Å². The van der Waals surface area contributed by atoms with Crippen molar-refractivity contribution in [2.75, 3.05) is 30.8 Å². The van der Waals surface area contributed by atoms with Crippen LogP contribution in [0.15, 0.2) is 54.6 Å². The van der Waals surface area contributed by atoms with Gasteiger partial charge in [-0.15, -0.1) is 0 Å². The largest absolute Gasteiger partial charge is 0.388 e. The number of benzene rings is 2. The van der Waals surface area contributed by atoms with E-state index in [9.17, 15) is 9.59 Å². The van der Waals surface area contributed by atoms with Crippen molar-refractivity contribution in [3.05, 3.63) is 60.2 Å². The first kappa shape index (κ1) is 18.8. The Morgan fingerprint density at radius 2 is 1.74 bits per heavy atom. The zero-order chi connectivity index (χ0) is 19.1. The average Bonchev–Trinajstić information content (AvgIpc) is 3.16. The van der Waals surface area contributed by atoms with Crippen LogP contribution >= 0.6 is 0 Å². The van der Waals surface area contributed by atoms with Gasteiger partial charge < -0.3 is 20.9 Å². The maximum Gasteiger partial charge on any atom is 0.319 e. The van der Waals surface area contributed by atoms with E-state index in [0.29, 0.717) is 19.5 Å². The fourth-order valence-electron chi connectivity index (χ4n) is 3.23. The third-order valence-electron chi connectivity index (χ3n) is 4.78. The number of rotatable bonds is 6. The van der Waals surface area contributed by atoms with Gasteiger partial charge in [-0.2, -0.15) is 0 Å². The van der Waals surface area contributed by atoms with E-state index < -0.39 is 0 Å². The SMILES string of the molecule is CNc1ccc(NC(=O)NC2CCN(C(=O)CCc3ccccc3)C2)cc1. The molecule has 2 aromatic rings. The molecule has 27 heavy (non-hydrogen) atoms. The van der Waals surface area contributed by atoms with Crippen LogP contribution in [0.5, 0.6) is 0 Å². The first-order chi connectivity index (χ1) is 13.1. The third kappa shape index (κ3) is 5.48. The van der Waals surface area contributed by atoms with Crippen LogP contribution in [0.4, 0.5) is 16.2 Å². The third-order valence-corrected chi connectivity index (χ3v) is 4.78. The van der Waals surface area contributed by atoms with Crippen LogP contribution in [0, 0.1) is 0 Å². The summed E-state index contributed by atoms with van der Waals surface area (Å²) in [4.78, 5) is 26.4. The average molecular weight is 366 g/mol. The van der Waals surface area contributed by atoms with Crippen LogP contribution in [0.2, 0.25) is 0 Å². The number of anilines is 2. The zero-order valence-electron chi connectivity index (χ0n) is 15.6. The zero-order valence-corrected chi connectivity index (χ0v) is 15.6. The van der Waals surface area contributed by atoms with Crippen LogP contribution < -0.4 is 16.0 Å². The molecule has 0 spiro atoms. The molecule has 142 valence electrons. The van der Waals surface area contributed by atoms with Gasteiger partial charge in [0.05, 0.1) is 0 Å². The Morgan fingerprint density at radius 1 is 1.04 bits per heavy atom. The minimum absolute atomic E-state index is 0.0118. The van der Waals surface area contributed by atoms with Crippen molar-refractivity contribution in [2.24, 2.45) is 0 Å². The fourth-order valence-corrected chi connectivity index (χ4v) is 3.23. The van der Waals surface area contributed by atoms with Gasteiger partial charge in [-0.1, -0.05) is 30.3 Å². The van der Waals surface area contributed by atoms with Crippen molar-refractivity contribution in [3.63, 3.8) is 0 Å². The van der Waals surface area contributed by atoms with Gasteiger partial charge in [-0.05, 0) is 42.7 Å². The Bertz CT molecular complexity index is 762. The molecular formula is C21H26N4O2. The summed E-state index contributed by atoms with van der Waals surface area (Å²) in [5, 5.41) is 8.82. The molecule has 1 aliphatic heterocycles. The number of nitrogens with zero attached hydrogens (tertiary/aromatic N) is 1. The molecule has 1 fully saturated rings. The van der Waals surface area contributed by atoms with Crippen LogP contribution in [0.1, 0.15) is 18.4 Å². The first-order valence-corrected chi connectivity index (χ1v) is 9.31. The molecule has 3 amide bonds. The highest BCUT2D eigenvalue weighted by Gasteiger charge is 2.27. The molecule has 6 heteroatoms. The smallest absolute Gasteiger partial charge is 0.319 e. The van der Waals surface area contributed by atoms with E-state index in [2.05, 4.69) is 16.0 Å². The number of hydrogen-bond acceptors (Lipinski definition) is 3. The molecule has 2 aromatic carbocycles. The van der Waals surface area contributed by atoms with Crippen molar-refractivity contribution in [1.29, 1.82) is 0 Å². The molecule has 3 rings (SSSR count). The molecule has 0 radical (unpaired) electrons. The second kappa shape index (κ2) is 9.07. The molecule has 6 nitrogen and oxygen atoms in total. The molecule has 1 aliphatic rings. The van der Waals surface area contributed by atoms with E-state index in [-0.39, 0.29) is 18.0 Å². The second-order valence-electron chi connectivity index (χ2n) is 6.74. The lowest BCUT2D eigenvalue weighted by Gasteiger charge is -2.17. The molecular weight excluding hydrogens is 340 g/mol. The summed E-state index contributed by atoms with van der Waals surface area (Å²) < 4.78 is 0. The Morgan fingerprint density at radius 3 is 2.44 bits per heavy atom. The number of likely N-dealkylation sites (tertiary alicyclic amines) is 1. The molecule has 0 bridgehead atoms. The van der Waals surface area contributed by atoms with Gasteiger partial charge in [0.2, 0.25) is 5.91 Å². The quantitative estimate of drug-likeness (QED) is 0.736. The van der Waals surface area contributed by atoms with Crippen LogP contribution in [-0.2, 0) is 11.2 Å². The van der Waals surface area contributed by atoms with Gasteiger partial charge in [-0.25, -0.2) is 4.79 Å². The number of aryl methyl sites for hydroxylation is 1. The highest BCUT2D eigenvalue weighted by molar-refractivity contribution is 5.89. The fraction of sp³-hybridized carbons (Fsp3) is 0.333. The van der Waals surface area contributed by atoms with Gasteiger partial charge in [0.1, 0.15) is 0 Å². The van der Waals surface area contributed by atoms with Crippen molar-refractivity contribution in [1.82, 2.24) is 10.2 Å². The highest BCUT2D eigenvalue weighted by atomic mass is 16.2. The van der Waals surface area contributed by atoms with Crippen LogP contribution in [-0.4, -0.2) is 43.0 Å². The number of hydrogen-bond donors (Lipinski definition) is 3. The number of urea groups is 1. The molecule has 3 N–H and O–H groups in total. The van der Waals surface area contributed by atoms with Gasteiger partial charge >= 0.3 is 6.03 Å².